The fourth-order valence-corrected chi connectivity index (χ4v) is 4.71. The van der Waals surface area contributed by atoms with Crippen LogP contribution in [0.15, 0.2) is 0 Å². The van der Waals surface area contributed by atoms with Crippen LogP contribution >= 0.6 is 11.3 Å². The van der Waals surface area contributed by atoms with Crippen LogP contribution in [0, 0.1) is 13.8 Å². The van der Waals surface area contributed by atoms with Gasteiger partial charge in [-0.05, 0) is 38.8 Å². The topological polar surface area (TPSA) is 49.3 Å². The Morgan fingerprint density at radius 2 is 1.88 bits per heavy atom. The summed E-state index contributed by atoms with van der Waals surface area (Å²) < 4.78 is 0. The van der Waals surface area contributed by atoms with Crippen molar-refractivity contribution in [3.8, 4) is 0 Å². The summed E-state index contributed by atoms with van der Waals surface area (Å²) in [6.07, 6.45) is 2.39. The Labute approximate surface area is 146 Å². The van der Waals surface area contributed by atoms with Gasteiger partial charge in [0, 0.05) is 37.5 Å². The number of thiophene rings is 1. The summed E-state index contributed by atoms with van der Waals surface area (Å²) in [7, 11) is 0. The van der Waals surface area contributed by atoms with Crippen LogP contribution in [0.5, 0.6) is 0 Å². The third kappa shape index (κ3) is 2.71. The molecule has 1 saturated heterocycles. The predicted octanol–water partition coefficient (Wildman–Crippen LogP) is 2.96. The standard InChI is InChI=1S/C18H24N4OS/c1-4-21-7-9-22(10-8-21)18(23)15-11(2)14-12(3)19-16(13-5-6-13)20-17(14)24-15/h13H,4-10H2,1-3H3. The van der Waals surface area contributed by atoms with Gasteiger partial charge in [-0.3, -0.25) is 4.79 Å². The molecule has 0 bridgehead atoms. The van der Waals surface area contributed by atoms with Crippen molar-refractivity contribution < 1.29 is 4.79 Å². The molecule has 0 radical (unpaired) electrons. The van der Waals surface area contributed by atoms with Crippen molar-refractivity contribution >= 4 is 27.5 Å². The lowest BCUT2D eigenvalue weighted by atomic mass is 10.1. The van der Waals surface area contributed by atoms with Crippen LogP contribution in [0.2, 0.25) is 0 Å². The van der Waals surface area contributed by atoms with Gasteiger partial charge in [-0.15, -0.1) is 11.3 Å². The lowest BCUT2D eigenvalue weighted by Gasteiger charge is -2.33. The number of nitrogens with zero attached hydrogens (tertiary/aromatic N) is 4. The Hall–Kier alpha value is -1.53. The molecular weight excluding hydrogens is 320 g/mol. The Balaban J connectivity index is 1.65. The molecule has 128 valence electrons. The third-order valence-corrected chi connectivity index (χ3v) is 6.41. The molecule has 1 aliphatic carbocycles. The number of hydrogen-bond acceptors (Lipinski definition) is 5. The highest BCUT2D eigenvalue weighted by Gasteiger charge is 2.29. The highest BCUT2D eigenvalue weighted by molar-refractivity contribution is 7.20. The van der Waals surface area contributed by atoms with Gasteiger partial charge < -0.3 is 9.80 Å². The zero-order chi connectivity index (χ0) is 16.8. The van der Waals surface area contributed by atoms with E-state index < -0.39 is 0 Å². The van der Waals surface area contributed by atoms with Crippen molar-refractivity contribution in [1.29, 1.82) is 0 Å². The van der Waals surface area contributed by atoms with Gasteiger partial charge in [0.2, 0.25) is 0 Å². The van der Waals surface area contributed by atoms with Crippen molar-refractivity contribution in [2.24, 2.45) is 0 Å². The second kappa shape index (κ2) is 6.08. The van der Waals surface area contributed by atoms with Crippen LogP contribution in [0.4, 0.5) is 0 Å². The summed E-state index contributed by atoms with van der Waals surface area (Å²) in [5.74, 6) is 1.67. The second-order valence-electron chi connectivity index (χ2n) is 6.90. The number of carbonyl (C=O) groups excluding carboxylic acids is 1. The number of rotatable bonds is 3. The minimum absolute atomic E-state index is 0.165. The molecule has 0 unspecified atom stereocenters. The number of aromatic nitrogens is 2. The molecule has 0 spiro atoms. The first kappa shape index (κ1) is 16.0. The van der Waals surface area contributed by atoms with Gasteiger partial charge in [-0.2, -0.15) is 0 Å². The van der Waals surface area contributed by atoms with Crippen LogP contribution in [-0.2, 0) is 0 Å². The van der Waals surface area contributed by atoms with Crippen molar-refractivity contribution in [3.63, 3.8) is 0 Å². The molecule has 0 aromatic carbocycles. The van der Waals surface area contributed by atoms with Crippen molar-refractivity contribution in [3.05, 3.63) is 22.0 Å². The monoisotopic (exact) mass is 344 g/mol. The first-order valence-electron chi connectivity index (χ1n) is 8.87. The van der Waals surface area contributed by atoms with E-state index in [2.05, 4.69) is 11.8 Å². The van der Waals surface area contributed by atoms with Crippen LogP contribution in [0.25, 0.3) is 10.2 Å². The number of carbonyl (C=O) groups is 1. The van der Waals surface area contributed by atoms with E-state index in [1.807, 2.05) is 18.7 Å². The minimum atomic E-state index is 0.165. The van der Waals surface area contributed by atoms with E-state index in [1.54, 1.807) is 11.3 Å². The Morgan fingerprint density at radius 1 is 1.17 bits per heavy atom. The number of likely N-dealkylation sites (N-methyl/N-ethyl adjacent to an activating group) is 1. The summed E-state index contributed by atoms with van der Waals surface area (Å²) in [6.45, 7) is 10.9. The van der Waals surface area contributed by atoms with Crippen molar-refractivity contribution in [2.45, 2.75) is 39.5 Å². The average Bonchev–Trinajstić information content (AvgIpc) is 3.38. The molecule has 4 rings (SSSR count). The Morgan fingerprint density at radius 3 is 2.50 bits per heavy atom. The molecule has 2 fully saturated rings. The summed E-state index contributed by atoms with van der Waals surface area (Å²) in [6, 6.07) is 0. The molecular formula is C18H24N4OS. The third-order valence-electron chi connectivity index (χ3n) is 5.23. The highest BCUT2D eigenvalue weighted by Crippen LogP contribution is 2.40. The van der Waals surface area contributed by atoms with E-state index in [-0.39, 0.29) is 5.91 Å². The van der Waals surface area contributed by atoms with Gasteiger partial charge in [0.1, 0.15) is 10.7 Å². The van der Waals surface area contributed by atoms with Gasteiger partial charge in [0.05, 0.1) is 10.6 Å². The molecule has 1 amide bonds. The van der Waals surface area contributed by atoms with Gasteiger partial charge >= 0.3 is 0 Å². The van der Waals surface area contributed by atoms with Crippen LogP contribution in [0.3, 0.4) is 0 Å². The minimum Gasteiger partial charge on any atom is -0.335 e. The first-order valence-corrected chi connectivity index (χ1v) is 9.69. The largest absolute Gasteiger partial charge is 0.335 e. The summed E-state index contributed by atoms with van der Waals surface area (Å²) in [4.78, 5) is 28.7. The Kier molecular flexibility index (Phi) is 4.04. The number of amides is 1. The normalized spacial score (nSPS) is 19.2. The highest BCUT2D eigenvalue weighted by atomic mass is 32.1. The van der Waals surface area contributed by atoms with Crippen molar-refractivity contribution in [2.75, 3.05) is 32.7 Å². The molecule has 2 aliphatic rings. The maximum absolute atomic E-state index is 13.0. The van der Waals surface area contributed by atoms with Crippen LogP contribution in [0.1, 0.15) is 52.4 Å². The molecule has 2 aromatic rings. The molecule has 0 atom stereocenters. The van der Waals surface area contributed by atoms with Gasteiger partial charge in [0.25, 0.3) is 5.91 Å². The fourth-order valence-electron chi connectivity index (χ4n) is 3.50. The zero-order valence-electron chi connectivity index (χ0n) is 14.6. The number of piperazine rings is 1. The summed E-state index contributed by atoms with van der Waals surface area (Å²) in [5, 5.41) is 1.08. The lowest BCUT2D eigenvalue weighted by molar-refractivity contribution is 0.0647. The fraction of sp³-hybridized carbons (Fsp3) is 0.611. The average molecular weight is 344 g/mol. The van der Waals surface area contributed by atoms with E-state index in [0.717, 1.165) is 64.9 Å². The van der Waals surface area contributed by atoms with E-state index in [1.165, 1.54) is 12.8 Å². The predicted molar refractivity (Wildman–Crippen MR) is 96.9 cm³/mol. The second-order valence-corrected chi connectivity index (χ2v) is 7.90. The lowest BCUT2D eigenvalue weighted by Crippen LogP contribution is -2.48. The molecule has 2 aromatic heterocycles. The maximum Gasteiger partial charge on any atom is 0.264 e. The smallest absolute Gasteiger partial charge is 0.264 e. The molecule has 1 saturated carbocycles. The van der Waals surface area contributed by atoms with Gasteiger partial charge in [0.15, 0.2) is 0 Å². The maximum atomic E-state index is 13.0. The van der Waals surface area contributed by atoms with E-state index >= 15 is 0 Å². The van der Waals surface area contributed by atoms with Crippen LogP contribution < -0.4 is 0 Å². The number of fused-ring (bicyclic) bond motifs is 1. The van der Waals surface area contributed by atoms with E-state index in [0.29, 0.717) is 5.92 Å². The molecule has 1 aliphatic heterocycles. The summed E-state index contributed by atoms with van der Waals surface area (Å²) >= 11 is 1.55. The van der Waals surface area contributed by atoms with E-state index in [4.69, 9.17) is 9.97 Å². The molecule has 0 N–H and O–H groups in total. The van der Waals surface area contributed by atoms with Gasteiger partial charge in [-0.25, -0.2) is 9.97 Å². The molecule has 3 heterocycles. The van der Waals surface area contributed by atoms with E-state index in [9.17, 15) is 4.79 Å². The molecule has 5 nitrogen and oxygen atoms in total. The van der Waals surface area contributed by atoms with Crippen molar-refractivity contribution in [1.82, 2.24) is 19.8 Å². The van der Waals surface area contributed by atoms with Gasteiger partial charge in [-0.1, -0.05) is 6.92 Å². The number of hydrogen-bond donors (Lipinski definition) is 0. The zero-order valence-corrected chi connectivity index (χ0v) is 15.4. The molecule has 6 heteroatoms. The summed E-state index contributed by atoms with van der Waals surface area (Å²) in [5.41, 5.74) is 2.07. The van der Waals surface area contributed by atoms with Crippen LogP contribution in [-0.4, -0.2) is 58.4 Å². The molecule has 24 heavy (non-hydrogen) atoms. The first-order chi connectivity index (χ1) is 11.6. The quantitative estimate of drug-likeness (QED) is 0.859. The Bertz CT molecular complexity index is 788. The number of aryl methyl sites for hydroxylation is 2. The SMILES string of the molecule is CCN1CCN(C(=O)c2sc3nc(C4CC4)nc(C)c3c2C)CC1.